The van der Waals surface area contributed by atoms with Gasteiger partial charge in [0, 0.05) is 51.2 Å². The molecule has 0 aromatic carbocycles. The maximum Gasteiger partial charge on any atom is 0.172 e. The van der Waals surface area contributed by atoms with Gasteiger partial charge in [-0.25, -0.2) is 16.8 Å². The zero-order valence-electron chi connectivity index (χ0n) is 16.2. The summed E-state index contributed by atoms with van der Waals surface area (Å²) < 4.78 is 47.0. The van der Waals surface area contributed by atoms with Crippen LogP contribution in [-0.4, -0.2) is 103 Å². The Bertz CT molecular complexity index is 579. The molecule has 0 aromatic rings. The van der Waals surface area contributed by atoms with Gasteiger partial charge in [-0.3, -0.25) is 0 Å². The second kappa shape index (κ2) is 13.6. The first-order valence-electron chi connectivity index (χ1n) is 9.10. The normalized spacial score (nSPS) is 12.8. The van der Waals surface area contributed by atoms with E-state index in [0.717, 1.165) is 18.5 Å². The molecule has 156 valence electrons. The minimum absolute atomic E-state index is 0.0510. The third kappa shape index (κ3) is 12.8. The number of nitrogens with one attached hydrogen (secondary N) is 1. The van der Waals surface area contributed by atoms with Crippen LogP contribution in [0, 0.1) is 0 Å². The lowest BCUT2D eigenvalue weighted by Crippen LogP contribution is -2.37. The van der Waals surface area contributed by atoms with Crippen LogP contribution in [0.25, 0.3) is 0 Å². The number of nitrogens with two attached hydrogens (primary N) is 1. The lowest BCUT2D eigenvalue weighted by molar-refractivity contribution is 0.304. The van der Waals surface area contributed by atoms with Crippen LogP contribution in [0.4, 0.5) is 0 Å². The van der Waals surface area contributed by atoms with Crippen molar-refractivity contribution in [2.45, 2.75) is 13.8 Å². The fourth-order valence-electron chi connectivity index (χ4n) is 2.34. The molecule has 0 rings (SSSR count). The summed E-state index contributed by atoms with van der Waals surface area (Å²) >= 11 is 0. The van der Waals surface area contributed by atoms with Crippen LogP contribution >= 0.6 is 0 Å². The predicted molar refractivity (Wildman–Crippen MR) is 109 cm³/mol. The quantitative estimate of drug-likeness (QED) is 0.297. The van der Waals surface area contributed by atoms with E-state index in [0.29, 0.717) is 45.8 Å². The highest BCUT2D eigenvalue weighted by Crippen LogP contribution is 1.96. The largest absolute Gasteiger partial charge is 0.329 e. The highest BCUT2D eigenvalue weighted by atomic mass is 32.2. The first-order chi connectivity index (χ1) is 12.2. The predicted octanol–water partition coefficient (Wildman–Crippen LogP) is -0.848. The molecule has 0 bridgehead atoms. The van der Waals surface area contributed by atoms with Crippen LogP contribution in [0.5, 0.6) is 0 Å². The molecule has 0 amide bonds. The van der Waals surface area contributed by atoms with Gasteiger partial charge in [0.05, 0.1) is 17.3 Å². The van der Waals surface area contributed by atoms with Crippen molar-refractivity contribution in [1.82, 2.24) is 15.1 Å². The molecule has 0 fully saturated rings. The van der Waals surface area contributed by atoms with E-state index in [1.165, 1.54) is 0 Å². The van der Waals surface area contributed by atoms with Crippen molar-refractivity contribution in [2.24, 2.45) is 5.73 Å². The molecule has 0 radical (unpaired) electrons. The zero-order chi connectivity index (χ0) is 20.1. The minimum atomic E-state index is -3.19. The van der Waals surface area contributed by atoms with Gasteiger partial charge in [-0.1, -0.05) is 20.4 Å². The summed E-state index contributed by atoms with van der Waals surface area (Å²) in [5, 5.41) is 4.10. The topological polar surface area (TPSA) is 113 Å². The minimum Gasteiger partial charge on any atom is -0.329 e. The van der Waals surface area contributed by atoms with Gasteiger partial charge >= 0.3 is 0 Å². The monoisotopic (exact) mass is 412 g/mol. The van der Waals surface area contributed by atoms with Gasteiger partial charge in [0.2, 0.25) is 0 Å². The summed E-state index contributed by atoms with van der Waals surface area (Å²) in [6.07, 6.45) is 0. The third-order valence-electron chi connectivity index (χ3n) is 4.20. The summed E-state index contributed by atoms with van der Waals surface area (Å²) in [6.45, 7) is 12.7. The number of rotatable bonds is 17. The molecule has 0 aliphatic carbocycles. The summed E-state index contributed by atoms with van der Waals surface area (Å²) in [7, 11) is -6.28. The highest BCUT2D eigenvalue weighted by Gasteiger charge is 2.13. The van der Waals surface area contributed by atoms with Crippen LogP contribution in [0.1, 0.15) is 13.8 Å². The van der Waals surface area contributed by atoms with Gasteiger partial charge in [-0.05, 0) is 13.1 Å². The lowest BCUT2D eigenvalue weighted by atomic mass is 10.4. The smallest absolute Gasteiger partial charge is 0.172 e. The van der Waals surface area contributed by atoms with E-state index in [4.69, 9.17) is 5.73 Å². The summed E-state index contributed by atoms with van der Waals surface area (Å²) in [5.74, 6) is 0.294. The van der Waals surface area contributed by atoms with Crippen LogP contribution in [0.15, 0.2) is 12.0 Å². The van der Waals surface area contributed by atoms with Crippen LogP contribution in [0.2, 0.25) is 0 Å². The molecule has 0 saturated heterocycles. The Balaban J connectivity index is 4.03. The Hall–Kier alpha value is -0.520. The molecule has 10 heteroatoms. The Labute approximate surface area is 159 Å². The van der Waals surface area contributed by atoms with E-state index in [2.05, 4.69) is 11.9 Å². The van der Waals surface area contributed by atoms with Crippen molar-refractivity contribution in [3.63, 3.8) is 0 Å². The lowest BCUT2D eigenvalue weighted by Gasteiger charge is -2.20. The SMILES string of the molecule is C=CS(=O)(=O)CCN(CC)CCNCCS(=O)(=O)CCN(CC)CCN. The van der Waals surface area contributed by atoms with E-state index in [1.807, 2.05) is 23.6 Å². The van der Waals surface area contributed by atoms with Gasteiger partial charge in [-0.2, -0.15) is 0 Å². The third-order valence-corrected chi connectivity index (χ3v) is 7.09. The van der Waals surface area contributed by atoms with Crippen molar-refractivity contribution < 1.29 is 16.8 Å². The average molecular weight is 413 g/mol. The molecule has 0 aromatic heterocycles. The summed E-state index contributed by atoms with van der Waals surface area (Å²) in [5.41, 5.74) is 5.50. The molecular weight excluding hydrogens is 376 g/mol. The summed E-state index contributed by atoms with van der Waals surface area (Å²) in [4.78, 5) is 4.04. The molecule has 0 spiro atoms. The average Bonchev–Trinajstić information content (AvgIpc) is 2.60. The standard InChI is InChI=1S/C16H36N4O4S2/c1-4-19(10-7-17)13-16-26(23,24)14-9-18-8-11-20(5-2)12-15-25(21,22)6-3/h6,18H,3-5,7-17H2,1-2H3. The molecular formula is C16H36N4O4S2. The first kappa shape index (κ1) is 25.5. The molecule has 0 aliphatic heterocycles. The van der Waals surface area contributed by atoms with Crippen molar-refractivity contribution in [2.75, 3.05) is 76.2 Å². The van der Waals surface area contributed by atoms with E-state index in [9.17, 15) is 16.8 Å². The number of hydrogen-bond acceptors (Lipinski definition) is 8. The molecule has 0 saturated carbocycles. The molecule has 0 unspecified atom stereocenters. The van der Waals surface area contributed by atoms with E-state index in [1.54, 1.807) is 0 Å². The Morgan fingerprint density at radius 3 is 2.00 bits per heavy atom. The van der Waals surface area contributed by atoms with Crippen molar-refractivity contribution in [1.29, 1.82) is 0 Å². The Morgan fingerprint density at radius 2 is 1.46 bits per heavy atom. The fraction of sp³-hybridized carbons (Fsp3) is 0.875. The second-order valence-corrected chi connectivity index (χ2v) is 10.5. The molecule has 8 nitrogen and oxygen atoms in total. The maximum atomic E-state index is 12.1. The molecule has 0 aliphatic rings. The van der Waals surface area contributed by atoms with E-state index >= 15 is 0 Å². The van der Waals surface area contributed by atoms with Crippen LogP contribution in [0.3, 0.4) is 0 Å². The number of nitrogens with zero attached hydrogens (tertiary/aromatic N) is 2. The first-order valence-corrected chi connectivity index (χ1v) is 12.6. The van der Waals surface area contributed by atoms with E-state index in [-0.39, 0.29) is 17.3 Å². The summed E-state index contributed by atoms with van der Waals surface area (Å²) in [6, 6.07) is 0. The van der Waals surface area contributed by atoms with Gasteiger partial charge in [-0.15, -0.1) is 0 Å². The van der Waals surface area contributed by atoms with Crippen molar-refractivity contribution in [3.05, 3.63) is 12.0 Å². The van der Waals surface area contributed by atoms with Crippen molar-refractivity contribution in [3.8, 4) is 0 Å². The fourth-order valence-corrected chi connectivity index (χ4v) is 4.21. The van der Waals surface area contributed by atoms with E-state index < -0.39 is 19.7 Å². The Kier molecular flexibility index (Phi) is 13.3. The van der Waals surface area contributed by atoms with Crippen LogP contribution < -0.4 is 11.1 Å². The van der Waals surface area contributed by atoms with Gasteiger partial charge in [0.1, 0.15) is 0 Å². The highest BCUT2D eigenvalue weighted by molar-refractivity contribution is 7.94. The molecule has 0 heterocycles. The zero-order valence-corrected chi connectivity index (χ0v) is 17.8. The van der Waals surface area contributed by atoms with Gasteiger partial charge in [0.25, 0.3) is 0 Å². The number of likely N-dealkylation sites (N-methyl/N-ethyl adjacent to an activating group) is 2. The van der Waals surface area contributed by atoms with Gasteiger partial charge in [0.15, 0.2) is 19.7 Å². The number of sulfone groups is 2. The molecule has 0 atom stereocenters. The van der Waals surface area contributed by atoms with Crippen LogP contribution in [-0.2, 0) is 19.7 Å². The maximum absolute atomic E-state index is 12.1. The molecule has 26 heavy (non-hydrogen) atoms. The van der Waals surface area contributed by atoms with Gasteiger partial charge < -0.3 is 20.9 Å². The van der Waals surface area contributed by atoms with Crippen molar-refractivity contribution >= 4 is 19.7 Å². The Morgan fingerprint density at radius 1 is 0.885 bits per heavy atom. The second-order valence-electron chi connectivity index (χ2n) is 6.09. The molecule has 3 N–H and O–H groups in total. The number of hydrogen-bond donors (Lipinski definition) is 2.